The van der Waals surface area contributed by atoms with Crippen molar-refractivity contribution in [1.82, 2.24) is 4.90 Å². The second kappa shape index (κ2) is 10.0. The molecule has 0 spiro atoms. The highest BCUT2D eigenvalue weighted by Gasteiger charge is 2.26. The average Bonchev–Trinajstić information content (AvgIpc) is 3.27. The fraction of sp³-hybridized carbons (Fsp3) is 0.393. The minimum absolute atomic E-state index is 0.0101. The molecule has 0 saturated carbocycles. The quantitative estimate of drug-likeness (QED) is 0.437. The van der Waals surface area contributed by atoms with Gasteiger partial charge in [0.2, 0.25) is 5.91 Å². The van der Waals surface area contributed by atoms with Crippen LogP contribution in [0.2, 0.25) is 0 Å². The van der Waals surface area contributed by atoms with Gasteiger partial charge in [0, 0.05) is 46.8 Å². The van der Waals surface area contributed by atoms with Crippen molar-refractivity contribution in [1.29, 1.82) is 0 Å². The molecule has 7 nitrogen and oxygen atoms in total. The summed E-state index contributed by atoms with van der Waals surface area (Å²) in [5.41, 5.74) is 4.97. The number of fused-ring (bicyclic) bond motifs is 1. The van der Waals surface area contributed by atoms with Gasteiger partial charge in [0.05, 0.1) is 39.8 Å². The van der Waals surface area contributed by atoms with Crippen molar-refractivity contribution in [3.8, 4) is 28.4 Å². The smallest absolute Gasteiger partial charge is 0.247 e. The summed E-state index contributed by atoms with van der Waals surface area (Å²) in [5.74, 6) is 2.07. The zero-order chi connectivity index (χ0) is 25.3. The topological polar surface area (TPSA) is 70.4 Å². The molecule has 0 aliphatic carbocycles. The first-order chi connectivity index (χ1) is 16.8. The Morgan fingerprint density at radius 2 is 1.74 bits per heavy atom. The maximum Gasteiger partial charge on any atom is 0.247 e. The molecule has 2 atom stereocenters. The average molecular weight is 480 g/mol. The number of benzene rings is 2. The molecule has 2 heterocycles. The molecule has 1 fully saturated rings. The lowest BCUT2D eigenvalue weighted by molar-refractivity contribution is -0.137. The largest absolute Gasteiger partial charge is 0.497 e. The number of carbonyl (C=O) groups excluding carboxylic acids is 1. The molecule has 0 radical (unpaired) electrons. The summed E-state index contributed by atoms with van der Waals surface area (Å²) in [6.07, 6.45) is 3.42. The van der Waals surface area contributed by atoms with E-state index in [9.17, 15) is 4.79 Å². The Morgan fingerprint density at radius 1 is 1.03 bits per heavy atom. The van der Waals surface area contributed by atoms with E-state index < -0.39 is 0 Å². The highest BCUT2D eigenvalue weighted by molar-refractivity contribution is 6.02. The molecule has 0 bridgehead atoms. The zero-order valence-electron chi connectivity index (χ0n) is 21.4. The summed E-state index contributed by atoms with van der Waals surface area (Å²) in [7, 11) is 4.90. The van der Waals surface area contributed by atoms with Gasteiger partial charge in [-0.3, -0.25) is 4.79 Å². The molecule has 2 aromatic carbocycles. The van der Waals surface area contributed by atoms with Gasteiger partial charge in [-0.25, -0.2) is 0 Å². The van der Waals surface area contributed by atoms with Crippen LogP contribution in [0.25, 0.3) is 27.7 Å². The molecule has 1 amide bonds. The van der Waals surface area contributed by atoms with Crippen molar-refractivity contribution in [3.63, 3.8) is 0 Å². The van der Waals surface area contributed by atoms with E-state index in [1.165, 1.54) is 0 Å². The number of allylic oxidation sites excluding steroid dienone is 1. The van der Waals surface area contributed by atoms with E-state index in [0.29, 0.717) is 24.6 Å². The van der Waals surface area contributed by atoms with E-state index >= 15 is 0 Å². The SMILES string of the molecule is COc1ccc(OC)c(-c2coc3c(C)c(OC)c(/C(C)=C/C(=O)N4CC(C)OC(C)C4)cc23)c1. The molecule has 1 aromatic heterocycles. The van der Waals surface area contributed by atoms with E-state index in [1.807, 2.05) is 56.9 Å². The Kier molecular flexibility index (Phi) is 7.08. The number of amides is 1. The minimum Gasteiger partial charge on any atom is -0.497 e. The van der Waals surface area contributed by atoms with Gasteiger partial charge in [-0.15, -0.1) is 0 Å². The van der Waals surface area contributed by atoms with Crippen LogP contribution in [0.15, 0.2) is 41.0 Å². The third kappa shape index (κ3) is 4.73. The van der Waals surface area contributed by atoms with Gasteiger partial charge in [-0.05, 0) is 57.5 Å². The summed E-state index contributed by atoms with van der Waals surface area (Å²) in [6, 6.07) is 7.67. The molecule has 7 heteroatoms. The molecular formula is C28H33NO6. The van der Waals surface area contributed by atoms with Crippen LogP contribution in [0.1, 0.15) is 31.9 Å². The standard InChI is InChI=1S/C28H33NO6/c1-16(10-26(30)29-13-17(2)35-18(3)14-29)21-12-23-24(15-34-28(23)19(4)27(21)33-7)22-11-20(31-5)8-9-25(22)32-6/h8-12,15,17-18H,13-14H2,1-7H3/b16-10+. The third-order valence-corrected chi connectivity index (χ3v) is 6.44. The molecule has 1 aliphatic heterocycles. The van der Waals surface area contributed by atoms with E-state index in [0.717, 1.165) is 44.5 Å². The Hall–Kier alpha value is -3.45. The van der Waals surface area contributed by atoms with Crippen LogP contribution < -0.4 is 14.2 Å². The molecule has 2 unspecified atom stereocenters. The number of carbonyl (C=O) groups is 1. The van der Waals surface area contributed by atoms with Gasteiger partial charge in [0.15, 0.2) is 0 Å². The first kappa shape index (κ1) is 24.7. The van der Waals surface area contributed by atoms with Gasteiger partial charge < -0.3 is 28.3 Å². The van der Waals surface area contributed by atoms with Gasteiger partial charge in [-0.1, -0.05) is 0 Å². The first-order valence-corrected chi connectivity index (χ1v) is 11.7. The molecular weight excluding hydrogens is 446 g/mol. The van der Waals surface area contributed by atoms with Crippen molar-refractivity contribution in [2.45, 2.75) is 39.9 Å². The van der Waals surface area contributed by atoms with Gasteiger partial charge >= 0.3 is 0 Å². The number of methoxy groups -OCH3 is 3. The summed E-state index contributed by atoms with van der Waals surface area (Å²) < 4.78 is 28.6. The lowest BCUT2D eigenvalue weighted by atomic mass is 9.96. The lowest BCUT2D eigenvalue weighted by Crippen LogP contribution is -2.47. The first-order valence-electron chi connectivity index (χ1n) is 11.7. The number of furan rings is 1. The van der Waals surface area contributed by atoms with Gasteiger partial charge in [0.25, 0.3) is 0 Å². The van der Waals surface area contributed by atoms with E-state index in [1.54, 1.807) is 33.7 Å². The van der Waals surface area contributed by atoms with Crippen LogP contribution >= 0.6 is 0 Å². The Bertz CT molecular complexity index is 1260. The summed E-state index contributed by atoms with van der Waals surface area (Å²) in [5, 5.41) is 0.902. The fourth-order valence-corrected chi connectivity index (χ4v) is 4.82. The van der Waals surface area contributed by atoms with Crippen LogP contribution in [0, 0.1) is 6.92 Å². The maximum absolute atomic E-state index is 13.1. The summed E-state index contributed by atoms with van der Waals surface area (Å²) in [4.78, 5) is 15.0. The van der Waals surface area contributed by atoms with Crippen molar-refractivity contribution < 1.29 is 28.2 Å². The Morgan fingerprint density at radius 3 is 2.37 bits per heavy atom. The predicted molar refractivity (Wildman–Crippen MR) is 136 cm³/mol. The number of nitrogens with zero attached hydrogens (tertiary/aromatic N) is 1. The summed E-state index contributed by atoms with van der Waals surface area (Å²) >= 11 is 0. The minimum atomic E-state index is -0.0359. The summed E-state index contributed by atoms with van der Waals surface area (Å²) in [6.45, 7) is 9.01. The Labute approximate surface area is 206 Å². The monoisotopic (exact) mass is 479 g/mol. The number of rotatable bonds is 6. The molecule has 1 saturated heterocycles. The number of morpholine rings is 1. The molecule has 4 rings (SSSR count). The van der Waals surface area contributed by atoms with Gasteiger partial charge in [0.1, 0.15) is 22.8 Å². The number of hydrogen-bond donors (Lipinski definition) is 0. The van der Waals surface area contributed by atoms with Crippen LogP contribution in [-0.2, 0) is 9.53 Å². The lowest BCUT2D eigenvalue weighted by Gasteiger charge is -2.34. The zero-order valence-corrected chi connectivity index (χ0v) is 21.4. The fourth-order valence-electron chi connectivity index (χ4n) is 4.82. The van der Waals surface area contributed by atoms with Crippen molar-refractivity contribution in [2.75, 3.05) is 34.4 Å². The van der Waals surface area contributed by atoms with Crippen molar-refractivity contribution >= 4 is 22.4 Å². The predicted octanol–water partition coefficient (Wildman–Crippen LogP) is 5.47. The van der Waals surface area contributed by atoms with Crippen LogP contribution in [0.4, 0.5) is 0 Å². The van der Waals surface area contributed by atoms with Crippen LogP contribution in [-0.4, -0.2) is 57.4 Å². The maximum atomic E-state index is 13.1. The van der Waals surface area contributed by atoms with Gasteiger partial charge in [-0.2, -0.15) is 0 Å². The molecule has 35 heavy (non-hydrogen) atoms. The van der Waals surface area contributed by atoms with Crippen LogP contribution in [0.3, 0.4) is 0 Å². The highest BCUT2D eigenvalue weighted by Crippen LogP contribution is 2.43. The molecule has 0 N–H and O–H groups in total. The van der Waals surface area contributed by atoms with Crippen LogP contribution in [0.5, 0.6) is 17.2 Å². The normalized spacial score (nSPS) is 18.6. The highest BCUT2D eigenvalue weighted by atomic mass is 16.5. The Balaban J connectivity index is 1.82. The molecule has 3 aromatic rings. The van der Waals surface area contributed by atoms with Crippen molar-refractivity contribution in [2.24, 2.45) is 0 Å². The second-order valence-corrected chi connectivity index (χ2v) is 9.00. The van der Waals surface area contributed by atoms with Crippen molar-refractivity contribution in [3.05, 3.63) is 47.7 Å². The number of ether oxygens (including phenoxy) is 4. The van der Waals surface area contributed by atoms with E-state index in [-0.39, 0.29) is 18.1 Å². The second-order valence-electron chi connectivity index (χ2n) is 9.00. The number of aryl methyl sites for hydroxylation is 1. The van der Waals surface area contributed by atoms with E-state index in [4.69, 9.17) is 23.4 Å². The number of hydrogen-bond acceptors (Lipinski definition) is 6. The van der Waals surface area contributed by atoms with E-state index in [2.05, 4.69) is 0 Å². The molecule has 1 aliphatic rings. The third-order valence-electron chi connectivity index (χ3n) is 6.44. The molecule has 186 valence electrons.